The standard InChI is InChI=1S/C18H23N3O2S/c1-13-9-19-6-3-15(13)4-7-20-18(22)21-10-14(2)23-17(11-21)16-5-8-24-12-16/h3,5-6,8-9,12,14,17H,4,7,10-11H2,1-2H3,(H,20,22). The van der Waals surface area contributed by atoms with E-state index in [-0.39, 0.29) is 18.2 Å². The van der Waals surface area contributed by atoms with Gasteiger partial charge >= 0.3 is 6.03 Å². The largest absolute Gasteiger partial charge is 0.367 e. The monoisotopic (exact) mass is 345 g/mol. The molecule has 0 saturated carbocycles. The average molecular weight is 345 g/mol. The number of nitrogens with one attached hydrogen (secondary N) is 1. The molecule has 1 aliphatic heterocycles. The molecule has 24 heavy (non-hydrogen) atoms. The number of urea groups is 1. The van der Waals surface area contributed by atoms with Crippen molar-refractivity contribution in [2.75, 3.05) is 19.6 Å². The Morgan fingerprint density at radius 2 is 2.33 bits per heavy atom. The van der Waals surface area contributed by atoms with Gasteiger partial charge in [-0.05, 0) is 59.9 Å². The number of nitrogens with zero attached hydrogens (tertiary/aromatic N) is 2. The van der Waals surface area contributed by atoms with Gasteiger partial charge in [-0.2, -0.15) is 11.3 Å². The molecule has 2 amide bonds. The van der Waals surface area contributed by atoms with E-state index >= 15 is 0 Å². The highest BCUT2D eigenvalue weighted by molar-refractivity contribution is 7.07. The minimum absolute atomic E-state index is 0.0166. The Hall–Kier alpha value is -1.92. The van der Waals surface area contributed by atoms with Gasteiger partial charge in [0.1, 0.15) is 6.10 Å². The summed E-state index contributed by atoms with van der Waals surface area (Å²) in [4.78, 5) is 18.4. The van der Waals surface area contributed by atoms with Crippen molar-refractivity contribution in [2.24, 2.45) is 0 Å². The third kappa shape index (κ3) is 4.13. The highest BCUT2D eigenvalue weighted by Gasteiger charge is 2.29. The highest BCUT2D eigenvalue weighted by atomic mass is 32.1. The van der Waals surface area contributed by atoms with Gasteiger partial charge in [0.2, 0.25) is 0 Å². The number of amides is 2. The van der Waals surface area contributed by atoms with Gasteiger partial charge in [0.05, 0.1) is 12.6 Å². The van der Waals surface area contributed by atoms with Gasteiger partial charge in [0.15, 0.2) is 0 Å². The molecule has 3 rings (SSSR count). The van der Waals surface area contributed by atoms with Crippen LogP contribution in [0.4, 0.5) is 4.79 Å². The van der Waals surface area contributed by atoms with Crippen LogP contribution in [0.1, 0.15) is 29.7 Å². The summed E-state index contributed by atoms with van der Waals surface area (Å²) in [5.41, 5.74) is 3.53. The molecule has 0 aliphatic carbocycles. The smallest absolute Gasteiger partial charge is 0.317 e. The number of hydrogen-bond acceptors (Lipinski definition) is 4. The molecular weight excluding hydrogens is 322 g/mol. The zero-order valence-corrected chi connectivity index (χ0v) is 14.9. The fraction of sp³-hybridized carbons (Fsp3) is 0.444. The number of morpholine rings is 1. The number of hydrogen-bond donors (Lipinski definition) is 1. The molecule has 2 aromatic rings. The maximum absolute atomic E-state index is 12.5. The second-order valence-corrected chi connectivity index (χ2v) is 6.96. The van der Waals surface area contributed by atoms with Gasteiger partial charge in [0.25, 0.3) is 0 Å². The Balaban J connectivity index is 1.53. The first-order valence-electron chi connectivity index (χ1n) is 8.23. The van der Waals surface area contributed by atoms with Crippen LogP contribution in [0.3, 0.4) is 0 Å². The van der Waals surface area contributed by atoms with Crippen LogP contribution < -0.4 is 5.32 Å². The van der Waals surface area contributed by atoms with Crippen molar-refractivity contribution >= 4 is 17.4 Å². The predicted molar refractivity (Wildman–Crippen MR) is 95.3 cm³/mol. The van der Waals surface area contributed by atoms with Crippen LogP contribution in [-0.4, -0.2) is 41.7 Å². The predicted octanol–water partition coefficient (Wildman–Crippen LogP) is 3.17. The second kappa shape index (κ2) is 7.77. The summed E-state index contributed by atoms with van der Waals surface area (Å²) in [6, 6.07) is 4.05. The van der Waals surface area contributed by atoms with Gasteiger partial charge in [-0.25, -0.2) is 4.79 Å². The number of aryl methyl sites for hydroxylation is 1. The normalized spacial score (nSPS) is 20.8. The van der Waals surface area contributed by atoms with E-state index in [2.05, 4.69) is 21.7 Å². The highest BCUT2D eigenvalue weighted by Crippen LogP contribution is 2.26. The van der Waals surface area contributed by atoms with Crippen molar-refractivity contribution in [3.05, 3.63) is 52.0 Å². The lowest BCUT2D eigenvalue weighted by Crippen LogP contribution is -2.50. The Morgan fingerprint density at radius 1 is 1.46 bits per heavy atom. The fourth-order valence-electron chi connectivity index (χ4n) is 2.96. The van der Waals surface area contributed by atoms with Crippen molar-refractivity contribution in [1.29, 1.82) is 0 Å². The Labute approximate surface area is 146 Å². The SMILES string of the molecule is Cc1cnccc1CCNC(=O)N1CC(C)OC(c2ccsc2)C1. The third-order valence-electron chi connectivity index (χ3n) is 4.27. The van der Waals surface area contributed by atoms with E-state index < -0.39 is 0 Å². The van der Waals surface area contributed by atoms with E-state index in [0.29, 0.717) is 19.6 Å². The van der Waals surface area contributed by atoms with Gasteiger partial charge in [0, 0.05) is 25.5 Å². The molecule has 2 atom stereocenters. The molecule has 0 spiro atoms. The van der Waals surface area contributed by atoms with Crippen LogP contribution >= 0.6 is 11.3 Å². The zero-order valence-electron chi connectivity index (χ0n) is 14.1. The first-order valence-corrected chi connectivity index (χ1v) is 9.17. The van der Waals surface area contributed by atoms with Gasteiger partial charge in [-0.3, -0.25) is 4.98 Å². The van der Waals surface area contributed by atoms with Crippen LogP contribution in [0.25, 0.3) is 0 Å². The number of ether oxygens (including phenoxy) is 1. The van der Waals surface area contributed by atoms with E-state index in [4.69, 9.17) is 4.74 Å². The number of rotatable bonds is 4. The second-order valence-electron chi connectivity index (χ2n) is 6.18. The first kappa shape index (κ1) is 16.9. The number of thiophene rings is 1. The molecule has 0 aromatic carbocycles. The van der Waals surface area contributed by atoms with Crippen molar-refractivity contribution in [2.45, 2.75) is 32.5 Å². The molecule has 0 radical (unpaired) electrons. The average Bonchev–Trinajstić information content (AvgIpc) is 3.10. The molecule has 1 saturated heterocycles. The van der Waals surface area contributed by atoms with E-state index in [9.17, 15) is 4.79 Å². The fourth-order valence-corrected chi connectivity index (χ4v) is 3.66. The molecule has 2 unspecified atom stereocenters. The zero-order chi connectivity index (χ0) is 16.9. The summed E-state index contributed by atoms with van der Waals surface area (Å²) in [5, 5.41) is 7.16. The van der Waals surface area contributed by atoms with E-state index in [0.717, 1.165) is 17.5 Å². The van der Waals surface area contributed by atoms with Gasteiger partial charge < -0.3 is 15.0 Å². The number of pyridine rings is 1. The first-order chi connectivity index (χ1) is 11.6. The molecule has 6 heteroatoms. The molecule has 5 nitrogen and oxygen atoms in total. The minimum atomic E-state index is -0.0341. The summed E-state index contributed by atoms with van der Waals surface area (Å²) in [5.74, 6) is 0. The maximum Gasteiger partial charge on any atom is 0.317 e. The minimum Gasteiger partial charge on any atom is -0.367 e. The van der Waals surface area contributed by atoms with E-state index in [1.165, 1.54) is 5.56 Å². The lowest BCUT2D eigenvalue weighted by molar-refractivity contribution is -0.0654. The molecule has 3 heterocycles. The van der Waals surface area contributed by atoms with Crippen LogP contribution in [0.5, 0.6) is 0 Å². The van der Waals surface area contributed by atoms with Gasteiger partial charge in [-0.1, -0.05) is 0 Å². The topological polar surface area (TPSA) is 54.5 Å². The number of aromatic nitrogens is 1. The molecule has 0 bridgehead atoms. The summed E-state index contributed by atoms with van der Waals surface area (Å²) in [6.45, 7) is 5.90. The van der Waals surface area contributed by atoms with Crippen LogP contribution in [0, 0.1) is 6.92 Å². The van der Waals surface area contributed by atoms with Crippen LogP contribution in [-0.2, 0) is 11.2 Å². The van der Waals surface area contributed by atoms with Crippen molar-refractivity contribution in [3.8, 4) is 0 Å². The summed E-state index contributed by atoms with van der Waals surface area (Å²) in [7, 11) is 0. The molecule has 128 valence electrons. The Bertz CT molecular complexity index is 675. The molecule has 1 N–H and O–H groups in total. The summed E-state index contributed by atoms with van der Waals surface area (Å²) >= 11 is 1.65. The number of carbonyl (C=O) groups is 1. The molecular formula is C18H23N3O2S. The van der Waals surface area contributed by atoms with E-state index in [1.807, 2.05) is 36.4 Å². The Morgan fingerprint density at radius 3 is 3.08 bits per heavy atom. The maximum atomic E-state index is 12.5. The van der Waals surface area contributed by atoms with Crippen LogP contribution in [0.15, 0.2) is 35.3 Å². The number of carbonyl (C=O) groups excluding carboxylic acids is 1. The lowest BCUT2D eigenvalue weighted by atomic mass is 10.1. The molecule has 1 fully saturated rings. The molecule has 1 aliphatic rings. The Kier molecular flexibility index (Phi) is 5.48. The summed E-state index contributed by atoms with van der Waals surface area (Å²) < 4.78 is 5.98. The van der Waals surface area contributed by atoms with Crippen LogP contribution in [0.2, 0.25) is 0 Å². The van der Waals surface area contributed by atoms with Crippen molar-refractivity contribution < 1.29 is 9.53 Å². The van der Waals surface area contributed by atoms with Gasteiger partial charge in [-0.15, -0.1) is 0 Å². The summed E-state index contributed by atoms with van der Waals surface area (Å²) in [6.07, 6.45) is 4.46. The van der Waals surface area contributed by atoms with Crippen molar-refractivity contribution in [1.82, 2.24) is 15.2 Å². The van der Waals surface area contributed by atoms with Crippen molar-refractivity contribution in [3.63, 3.8) is 0 Å². The lowest BCUT2D eigenvalue weighted by Gasteiger charge is -2.36. The quantitative estimate of drug-likeness (QED) is 0.926. The third-order valence-corrected chi connectivity index (χ3v) is 4.97. The van der Waals surface area contributed by atoms with E-state index in [1.54, 1.807) is 17.5 Å². The molecule has 2 aromatic heterocycles.